The van der Waals surface area contributed by atoms with Gasteiger partial charge in [0.05, 0.1) is 0 Å². The predicted molar refractivity (Wildman–Crippen MR) is 52.7 cm³/mol. The zero-order valence-corrected chi connectivity index (χ0v) is 7.79. The van der Waals surface area contributed by atoms with Crippen molar-refractivity contribution >= 4 is 5.78 Å². The van der Waals surface area contributed by atoms with Gasteiger partial charge in [-0.15, -0.1) is 0 Å². The quantitative estimate of drug-likeness (QED) is 0.517. The van der Waals surface area contributed by atoms with Crippen molar-refractivity contribution in [3.8, 4) is 0 Å². The molecule has 0 aromatic heterocycles. The van der Waals surface area contributed by atoms with E-state index in [9.17, 15) is 9.18 Å². The van der Waals surface area contributed by atoms with E-state index in [2.05, 4.69) is 0 Å². The molecule has 72 valence electrons. The lowest BCUT2D eigenvalue weighted by molar-refractivity contribution is 0.104. The van der Waals surface area contributed by atoms with Crippen molar-refractivity contribution in [2.75, 3.05) is 0 Å². The Morgan fingerprint density at radius 3 is 2.36 bits per heavy atom. The zero-order valence-electron chi connectivity index (χ0n) is 7.79. The van der Waals surface area contributed by atoms with Crippen LogP contribution in [0.2, 0.25) is 0 Å². The van der Waals surface area contributed by atoms with Gasteiger partial charge >= 0.3 is 0 Å². The molecule has 0 radical (unpaired) electrons. The summed E-state index contributed by atoms with van der Waals surface area (Å²) >= 11 is 0. The van der Waals surface area contributed by atoms with Crippen LogP contribution >= 0.6 is 0 Å². The summed E-state index contributed by atoms with van der Waals surface area (Å²) in [5.74, 6) is -0.322. The minimum atomic E-state index is -0.308. The lowest BCUT2D eigenvalue weighted by Gasteiger charge is -2.15. The van der Waals surface area contributed by atoms with Crippen LogP contribution in [0.25, 0.3) is 0 Å². The molecule has 0 heterocycles. The van der Waals surface area contributed by atoms with Crippen LogP contribution in [0.5, 0.6) is 0 Å². The van der Waals surface area contributed by atoms with Crippen molar-refractivity contribution < 1.29 is 9.18 Å². The second kappa shape index (κ2) is 3.74. The van der Waals surface area contributed by atoms with Gasteiger partial charge in [0.1, 0.15) is 5.82 Å². The minimum Gasteiger partial charge on any atom is -0.289 e. The molecule has 2 heteroatoms. The standard InChI is InChI=1S/C12H11FO/c13-11-6-4-10(5-7-11)12(14)8-9-2-1-3-9/h4-8H,1-3H2. The first-order valence-electron chi connectivity index (χ1n) is 4.75. The van der Waals surface area contributed by atoms with Gasteiger partial charge < -0.3 is 0 Å². The third-order valence-electron chi connectivity index (χ3n) is 2.46. The third kappa shape index (κ3) is 1.90. The second-order valence-electron chi connectivity index (χ2n) is 3.53. The molecular weight excluding hydrogens is 179 g/mol. The van der Waals surface area contributed by atoms with Crippen molar-refractivity contribution in [1.82, 2.24) is 0 Å². The Morgan fingerprint density at radius 1 is 1.21 bits per heavy atom. The van der Waals surface area contributed by atoms with Crippen LogP contribution in [0.3, 0.4) is 0 Å². The molecule has 1 aliphatic rings. The van der Waals surface area contributed by atoms with Crippen LogP contribution in [0.1, 0.15) is 29.6 Å². The van der Waals surface area contributed by atoms with Gasteiger partial charge in [0, 0.05) is 5.56 Å². The molecule has 0 atom stereocenters. The maximum atomic E-state index is 12.6. The fourth-order valence-corrected chi connectivity index (χ4v) is 1.41. The van der Waals surface area contributed by atoms with E-state index in [-0.39, 0.29) is 11.6 Å². The van der Waals surface area contributed by atoms with E-state index in [1.54, 1.807) is 6.08 Å². The van der Waals surface area contributed by atoms with Crippen molar-refractivity contribution in [2.24, 2.45) is 0 Å². The van der Waals surface area contributed by atoms with Crippen LogP contribution in [0.4, 0.5) is 4.39 Å². The fourth-order valence-electron chi connectivity index (χ4n) is 1.41. The van der Waals surface area contributed by atoms with Crippen LogP contribution in [-0.4, -0.2) is 5.78 Å². The second-order valence-corrected chi connectivity index (χ2v) is 3.53. The first-order chi connectivity index (χ1) is 6.75. The number of hydrogen-bond donors (Lipinski definition) is 0. The number of rotatable bonds is 2. The number of carbonyl (C=O) groups excluding carboxylic acids is 1. The van der Waals surface area contributed by atoms with Gasteiger partial charge in [-0.25, -0.2) is 4.39 Å². The number of carbonyl (C=O) groups is 1. The Labute approximate surface area is 82.3 Å². The normalized spacial score (nSPS) is 14.8. The van der Waals surface area contributed by atoms with Crippen LogP contribution in [-0.2, 0) is 0 Å². The summed E-state index contributed by atoms with van der Waals surface area (Å²) < 4.78 is 12.6. The Kier molecular flexibility index (Phi) is 2.44. The van der Waals surface area contributed by atoms with Crippen LogP contribution in [0, 0.1) is 5.82 Å². The highest BCUT2D eigenvalue weighted by Crippen LogP contribution is 2.25. The summed E-state index contributed by atoms with van der Waals surface area (Å²) in [6, 6.07) is 5.67. The molecular formula is C12H11FO. The number of benzene rings is 1. The number of ketones is 1. The lowest BCUT2D eigenvalue weighted by Crippen LogP contribution is -2.02. The molecule has 0 saturated heterocycles. The molecule has 1 fully saturated rings. The molecule has 0 amide bonds. The summed E-state index contributed by atoms with van der Waals surface area (Å²) in [6.07, 6.45) is 4.93. The molecule has 0 unspecified atom stereocenters. The highest BCUT2D eigenvalue weighted by Gasteiger charge is 2.11. The van der Waals surface area contributed by atoms with Gasteiger partial charge in [-0.05, 0) is 49.6 Å². The first kappa shape index (κ1) is 9.13. The predicted octanol–water partition coefficient (Wildman–Crippen LogP) is 3.12. The Morgan fingerprint density at radius 2 is 1.86 bits per heavy atom. The maximum absolute atomic E-state index is 12.6. The average molecular weight is 190 g/mol. The van der Waals surface area contributed by atoms with Crippen molar-refractivity contribution in [3.63, 3.8) is 0 Å². The maximum Gasteiger partial charge on any atom is 0.185 e. The fraction of sp³-hybridized carbons (Fsp3) is 0.250. The minimum absolute atomic E-state index is 0.0142. The lowest BCUT2D eigenvalue weighted by atomic mass is 9.90. The molecule has 1 aromatic carbocycles. The van der Waals surface area contributed by atoms with E-state index in [0.717, 1.165) is 12.8 Å². The largest absolute Gasteiger partial charge is 0.289 e. The SMILES string of the molecule is O=C(C=C1CCC1)c1ccc(F)cc1. The Balaban J connectivity index is 2.14. The Hall–Kier alpha value is -1.44. The molecule has 2 rings (SSSR count). The summed E-state index contributed by atoms with van der Waals surface area (Å²) in [4.78, 5) is 11.6. The molecule has 0 aliphatic heterocycles. The van der Waals surface area contributed by atoms with Gasteiger partial charge in [0.15, 0.2) is 5.78 Å². The smallest absolute Gasteiger partial charge is 0.185 e. The van der Waals surface area contributed by atoms with Gasteiger partial charge in [-0.3, -0.25) is 4.79 Å². The molecule has 0 spiro atoms. The van der Waals surface area contributed by atoms with E-state index < -0.39 is 0 Å². The van der Waals surface area contributed by atoms with E-state index in [4.69, 9.17) is 0 Å². The van der Waals surface area contributed by atoms with Crippen LogP contribution < -0.4 is 0 Å². The van der Waals surface area contributed by atoms with E-state index in [1.807, 2.05) is 0 Å². The summed E-state index contributed by atoms with van der Waals surface area (Å²) in [6.45, 7) is 0. The zero-order chi connectivity index (χ0) is 9.97. The Bertz CT molecular complexity index is 370. The highest BCUT2D eigenvalue weighted by atomic mass is 19.1. The highest BCUT2D eigenvalue weighted by molar-refractivity contribution is 6.04. The van der Waals surface area contributed by atoms with E-state index in [1.165, 1.54) is 36.3 Å². The van der Waals surface area contributed by atoms with E-state index in [0.29, 0.717) is 5.56 Å². The van der Waals surface area contributed by atoms with Crippen molar-refractivity contribution in [1.29, 1.82) is 0 Å². The molecule has 0 N–H and O–H groups in total. The van der Waals surface area contributed by atoms with Crippen LogP contribution in [0.15, 0.2) is 35.9 Å². The first-order valence-corrected chi connectivity index (χ1v) is 4.75. The van der Waals surface area contributed by atoms with Gasteiger partial charge in [-0.2, -0.15) is 0 Å². The van der Waals surface area contributed by atoms with Gasteiger partial charge in [0.2, 0.25) is 0 Å². The molecule has 1 nitrogen and oxygen atoms in total. The average Bonchev–Trinajstić information content (AvgIpc) is 2.12. The third-order valence-corrected chi connectivity index (χ3v) is 2.46. The van der Waals surface area contributed by atoms with Crippen molar-refractivity contribution in [2.45, 2.75) is 19.3 Å². The van der Waals surface area contributed by atoms with Crippen molar-refractivity contribution in [3.05, 3.63) is 47.3 Å². The topological polar surface area (TPSA) is 17.1 Å². The molecule has 14 heavy (non-hydrogen) atoms. The number of halogens is 1. The van der Waals surface area contributed by atoms with Gasteiger partial charge in [-0.1, -0.05) is 5.57 Å². The van der Waals surface area contributed by atoms with Gasteiger partial charge in [0.25, 0.3) is 0 Å². The molecule has 1 saturated carbocycles. The molecule has 1 aromatic rings. The monoisotopic (exact) mass is 190 g/mol. The molecule has 0 bridgehead atoms. The van der Waals surface area contributed by atoms with E-state index >= 15 is 0 Å². The number of hydrogen-bond acceptors (Lipinski definition) is 1. The number of allylic oxidation sites excluding steroid dienone is 2. The summed E-state index contributed by atoms with van der Waals surface area (Å²) in [7, 11) is 0. The molecule has 1 aliphatic carbocycles. The summed E-state index contributed by atoms with van der Waals surface area (Å²) in [5.41, 5.74) is 1.77. The summed E-state index contributed by atoms with van der Waals surface area (Å²) in [5, 5.41) is 0.